The highest BCUT2D eigenvalue weighted by Crippen LogP contribution is 2.19. The van der Waals surface area contributed by atoms with E-state index in [0.717, 1.165) is 17.5 Å². The largest absolute Gasteiger partial charge is 0.396 e. The van der Waals surface area contributed by atoms with E-state index in [0.29, 0.717) is 23.6 Å². The minimum atomic E-state index is -0.348. The molecule has 0 aliphatic rings. The predicted molar refractivity (Wildman–Crippen MR) is 120 cm³/mol. The van der Waals surface area contributed by atoms with Crippen LogP contribution in [0.1, 0.15) is 23.0 Å². The van der Waals surface area contributed by atoms with Crippen molar-refractivity contribution in [2.24, 2.45) is 11.7 Å². The van der Waals surface area contributed by atoms with Crippen molar-refractivity contribution < 1.29 is 14.5 Å². The van der Waals surface area contributed by atoms with Crippen LogP contribution >= 0.6 is 0 Å². The predicted octanol–water partition coefficient (Wildman–Crippen LogP) is 2.35. The molecule has 0 radical (unpaired) electrons. The second kappa shape index (κ2) is 10.2. The number of rotatable bonds is 8. The Morgan fingerprint density at radius 3 is 2.77 bits per heavy atom. The van der Waals surface area contributed by atoms with Crippen LogP contribution in [0.15, 0.2) is 67.1 Å². The van der Waals surface area contributed by atoms with E-state index < -0.39 is 0 Å². The monoisotopic (exact) mass is 417 g/mol. The Balaban J connectivity index is 1.81. The maximum Gasteiger partial charge on any atom is 0.274 e. The number of amidine groups is 1. The first-order chi connectivity index (χ1) is 15.0. The molecule has 1 atom stereocenters. The maximum atomic E-state index is 12.8. The third-order valence-electron chi connectivity index (χ3n) is 4.69. The molecule has 31 heavy (non-hydrogen) atoms. The molecule has 5 N–H and O–H groups in total. The first-order valence-electron chi connectivity index (χ1n) is 9.80. The number of nitrogens with zero attached hydrogens (tertiary/aromatic N) is 3. The number of anilines is 1. The van der Waals surface area contributed by atoms with E-state index in [-0.39, 0.29) is 24.1 Å². The van der Waals surface area contributed by atoms with Gasteiger partial charge in [0.2, 0.25) is 12.2 Å². The minimum absolute atomic E-state index is 0.00117. The zero-order valence-corrected chi connectivity index (χ0v) is 17.2. The minimum Gasteiger partial charge on any atom is -0.396 e. The Hall–Kier alpha value is -3.91. The molecule has 2 aromatic heterocycles. The maximum absolute atomic E-state index is 12.8. The Morgan fingerprint density at radius 1 is 1.23 bits per heavy atom. The van der Waals surface area contributed by atoms with E-state index in [1.165, 1.54) is 0 Å². The quantitative estimate of drug-likeness (QED) is 0.254. The summed E-state index contributed by atoms with van der Waals surface area (Å²) in [5.41, 5.74) is 9.46. The van der Waals surface area contributed by atoms with Gasteiger partial charge in [-0.2, -0.15) is 5.41 Å². The molecule has 0 aliphatic carbocycles. The average molecular weight is 417 g/mol. The number of hydrogen-bond acceptors (Lipinski definition) is 5. The van der Waals surface area contributed by atoms with Gasteiger partial charge in [0.25, 0.3) is 5.91 Å². The van der Waals surface area contributed by atoms with Gasteiger partial charge >= 0.3 is 0 Å². The molecule has 3 rings (SSSR count). The van der Waals surface area contributed by atoms with Crippen LogP contribution in [0.25, 0.3) is 11.1 Å². The van der Waals surface area contributed by atoms with Crippen LogP contribution in [-0.4, -0.2) is 50.9 Å². The van der Waals surface area contributed by atoms with E-state index in [9.17, 15) is 9.90 Å². The molecule has 158 valence electrons. The van der Waals surface area contributed by atoms with Gasteiger partial charge in [-0.05, 0) is 42.0 Å². The molecule has 0 fully saturated rings. The van der Waals surface area contributed by atoms with Crippen molar-refractivity contribution in [1.29, 1.82) is 5.41 Å². The third-order valence-corrected chi connectivity index (χ3v) is 4.69. The molecule has 0 bridgehead atoms. The highest BCUT2D eigenvalue weighted by Gasteiger charge is 2.14. The summed E-state index contributed by atoms with van der Waals surface area (Å²) >= 11 is 0. The van der Waals surface area contributed by atoms with Crippen LogP contribution in [0.2, 0.25) is 0 Å². The van der Waals surface area contributed by atoms with Crippen molar-refractivity contribution >= 4 is 23.8 Å². The fraction of sp³-hybridized carbons (Fsp3) is 0.174. The van der Waals surface area contributed by atoms with Gasteiger partial charge in [0.15, 0.2) is 0 Å². The lowest BCUT2D eigenvalue weighted by molar-refractivity contribution is -0.410. The number of aromatic nitrogens is 2. The van der Waals surface area contributed by atoms with Crippen molar-refractivity contribution in [3.8, 4) is 11.1 Å². The van der Waals surface area contributed by atoms with Crippen molar-refractivity contribution in [2.45, 2.75) is 6.92 Å². The van der Waals surface area contributed by atoms with Crippen molar-refractivity contribution in [2.75, 3.05) is 18.5 Å². The molecule has 1 unspecified atom stereocenters. The second-order valence-corrected chi connectivity index (χ2v) is 7.16. The van der Waals surface area contributed by atoms with Gasteiger partial charge in [-0.3, -0.25) is 14.8 Å². The van der Waals surface area contributed by atoms with Gasteiger partial charge in [-0.1, -0.05) is 19.1 Å². The van der Waals surface area contributed by atoms with Crippen LogP contribution in [0.4, 0.5) is 5.69 Å². The number of nitrogens with one attached hydrogen (secondary N) is 2. The molecular weight excluding hydrogens is 392 g/mol. The number of nitrogens with two attached hydrogens (primary N) is 1. The Morgan fingerprint density at radius 2 is 2.06 bits per heavy atom. The summed E-state index contributed by atoms with van der Waals surface area (Å²) in [4.78, 5) is 21.0. The normalized spacial score (nSPS) is 12.6. The number of pyridine rings is 2. The van der Waals surface area contributed by atoms with E-state index >= 15 is 0 Å². The van der Waals surface area contributed by atoms with Crippen LogP contribution < -0.4 is 11.1 Å². The summed E-state index contributed by atoms with van der Waals surface area (Å²) in [6.07, 6.45) is 6.13. The van der Waals surface area contributed by atoms with E-state index in [4.69, 9.17) is 11.1 Å². The number of aliphatic hydroxyl groups is 1. The van der Waals surface area contributed by atoms with Crippen LogP contribution in [0.3, 0.4) is 0 Å². The molecule has 1 aromatic carbocycles. The van der Waals surface area contributed by atoms with Gasteiger partial charge < -0.3 is 16.2 Å². The molecule has 0 saturated carbocycles. The number of carbonyl (C=O) groups is 1. The fourth-order valence-corrected chi connectivity index (χ4v) is 3.00. The van der Waals surface area contributed by atoms with Crippen molar-refractivity contribution in [3.63, 3.8) is 0 Å². The molecule has 3 aromatic rings. The number of benzene rings is 1. The lowest BCUT2D eigenvalue weighted by Crippen LogP contribution is -2.32. The zero-order chi connectivity index (χ0) is 22.2. The summed E-state index contributed by atoms with van der Waals surface area (Å²) in [6, 6.07) is 14.3. The third kappa shape index (κ3) is 5.58. The van der Waals surface area contributed by atoms with Gasteiger partial charge in [-0.25, -0.2) is 4.58 Å². The van der Waals surface area contributed by atoms with Crippen LogP contribution in [-0.2, 0) is 0 Å². The molecular formula is C23H25N6O2+. The Kier molecular flexibility index (Phi) is 7.18. The number of hydrogen-bond donors (Lipinski definition) is 4. The summed E-state index contributed by atoms with van der Waals surface area (Å²) < 4.78 is 1.56. The topological polar surface area (TPSA) is 128 Å². The summed E-state index contributed by atoms with van der Waals surface area (Å²) in [7, 11) is 0. The SMILES string of the molecule is CC(CO)C[N+](C=N)=C(N)c1cccc(NC(=O)c2cc(-c3cccnc3)ccn2)c1. The molecule has 0 aliphatic heterocycles. The molecule has 0 saturated heterocycles. The van der Waals surface area contributed by atoms with Gasteiger partial charge in [0.1, 0.15) is 5.69 Å². The molecule has 8 nitrogen and oxygen atoms in total. The zero-order valence-electron chi connectivity index (χ0n) is 17.2. The number of aliphatic hydroxyl groups excluding tert-OH is 1. The highest BCUT2D eigenvalue weighted by atomic mass is 16.3. The Labute approximate surface area is 180 Å². The lowest BCUT2D eigenvalue weighted by Gasteiger charge is -2.11. The number of amides is 1. The second-order valence-electron chi connectivity index (χ2n) is 7.16. The first-order valence-corrected chi connectivity index (χ1v) is 9.80. The van der Waals surface area contributed by atoms with Crippen molar-refractivity contribution in [3.05, 3.63) is 78.4 Å². The Bertz CT molecular complexity index is 1100. The lowest BCUT2D eigenvalue weighted by atomic mass is 10.1. The van der Waals surface area contributed by atoms with Crippen molar-refractivity contribution in [1.82, 2.24) is 9.97 Å². The van der Waals surface area contributed by atoms with E-state index in [2.05, 4.69) is 15.3 Å². The van der Waals surface area contributed by atoms with E-state index in [1.54, 1.807) is 53.5 Å². The summed E-state index contributed by atoms with van der Waals surface area (Å²) in [5.74, 6) is -0.0245. The molecule has 2 heterocycles. The van der Waals surface area contributed by atoms with Gasteiger partial charge in [0, 0.05) is 47.9 Å². The molecule has 1 amide bonds. The number of carbonyl (C=O) groups excluding carboxylic acids is 1. The molecule has 8 heteroatoms. The smallest absolute Gasteiger partial charge is 0.274 e. The van der Waals surface area contributed by atoms with Gasteiger partial charge in [-0.15, -0.1) is 0 Å². The van der Waals surface area contributed by atoms with Gasteiger partial charge in [0.05, 0.1) is 6.54 Å². The van der Waals surface area contributed by atoms with E-state index in [1.807, 2.05) is 25.1 Å². The van der Waals surface area contributed by atoms with Crippen LogP contribution in [0, 0.1) is 11.3 Å². The van der Waals surface area contributed by atoms with Crippen LogP contribution in [0.5, 0.6) is 0 Å². The molecule has 0 spiro atoms. The standard InChI is InChI=1S/C23H24N6O2/c1-16(14-30)13-29(15-24)22(25)18-4-2-6-20(10-18)28-23(31)21-11-17(7-9-27-21)19-5-3-8-26-12-19/h2-12,15-16,24-25,30H,13-14H2,1H3,(H,28,31)/p+1. The summed E-state index contributed by atoms with van der Waals surface area (Å²) in [5, 5.41) is 19.7. The summed E-state index contributed by atoms with van der Waals surface area (Å²) in [6.45, 7) is 2.28. The first kappa shape index (κ1) is 21.8. The fourth-order valence-electron chi connectivity index (χ4n) is 3.00. The highest BCUT2D eigenvalue weighted by molar-refractivity contribution is 6.04. The average Bonchev–Trinajstić information content (AvgIpc) is 2.82.